The molecule has 139 heavy (non-hydrogen) atoms. The van der Waals surface area contributed by atoms with Gasteiger partial charge < -0.3 is 83.6 Å². The van der Waals surface area contributed by atoms with Crippen molar-refractivity contribution in [1.29, 1.82) is 0 Å². The molecule has 0 saturated carbocycles. The smallest absolute Gasteiger partial charge is 0.319 e. The third-order valence-corrected chi connectivity index (χ3v) is 23.4. The number of hydrogen-bond donors (Lipinski definition) is 12. The van der Waals surface area contributed by atoms with Crippen LogP contribution < -0.4 is 64.2 Å². The maximum absolute atomic E-state index is 12.8. The normalized spacial score (nSPS) is 11.7. The average Bonchev–Trinajstić information content (AvgIpc) is 0.832. The number of oxime groups is 3. The number of nitrogens with one attached hydrogen (secondary N) is 11. The fourth-order valence-corrected chi connectivity index (χ4v) is 14.0. The van der Waals surface area contributed by atoms with Crippen molar-refractivity contribution in [3.63, 3.8) is 0 Å². The van der Waals surface area contributed by atoms with Crippen LogP contribution in [-0.2, 0) is 42.2 Å². The summed E-state index contributed by atoms with van der Waals surface area (Å²) in [6.07, 6.45) is 0. The average molecular weight is 1950 g/mol. The Labute approximate surface area is 838 Å². The first-order chi connectivity index (χ1) is 65.2. The first-order valence-electron chi connectivity index (χ1n) is 46.2. The zero-order valence-corrected chi connectivity index (χ0v) is 87.9. The number of benzene rings is 10. The van der Waals surface area contributed by atoms with E-state index in [0.29, 0.717) is 76.2 Å². The molecule has 742 valence electrons. The van der Waals surface area contributed by atoms with E-state index in [1.54, 1.807) is 47.4 Å². The number of carbonyl (C=O) groups is 6. The second-order valence-electron chi connectivity index (χ2n) is 37.5. The van der Waals surface area contributed by atoms with E-state index in [2.05, 4.69) is 93.2 Å². The number of rotatable bonds is 31. The highest BCUT2D eigenvalue weighted by Gasteiger charge is 2.30. The van der Waals surface area contributed by atoms with Crippen molar-refractivity contribution in [2.75, 3.05) is 73.0 Å². The highest BCUT2D eigenvalue weighted by Crippen LogP contribution is 2.32. The lowest BCUT2D eigenvalue weighted by Crippen LogP contribution is -2.43. The van der Waals surface area contributed by atoms with Crippen LogP contribution in [0.25, 0.3) is 11.1 Å². The van der Waals surface area contributed by atoms with Crippen LogP contribution in [0.5, 0.6) is 0 Å². The molecule has 0 unspecified atom stereocenters. The lowest BCUT2D eigenvalue weighted by molar-refractivity contribution is 0.000938. The molecule has 10 aromatic carbocycles. The van der Waals surface area contributed by atoms with Gasteiger partial charge in [0.25, 0.3) is 5.91 Å². The number of hydrogen-bond acceptors (Lipinski definition) is 14. The van der Waals surface area contributed by atoms with Gasteiger partial charge in [0, 0.05) is 75.2 Å². The Balaban J connectivity index is 0.000000267. The molecule has 10 rings (SSSR count). The van der Waals surface area contributed by atoms with Gasteiger partial charge in [-0.1, -0.05) is 189 Å². The third-order valence-electron chi connectivity index (χ3n) is 22.1. The summed E-state index contributed by atoms with van der Waals surface area (Å²) in [7, 11) is 1.86. The Kier molecular flexibility index (Phi) is 43.6. The summed E-state index contributed by atoms with van der Waals surface area (Å²) in [5, 5.41) is 46.8. The van der Waals surface area contributed by atoms with Crippen LogP contribution in [-0.4, -0.2) is 110 Å². The van der Waals surface area contributed by atoms with E-state index >= 15 is 0 Å². The number of allylic oxidation sites excluding steroid dienone is 2. The Bertz CT molecular complexity index is 5990. The van der Waals surface area contributed by atoms with Crippen molar-refractivity contribution in [3.8, 4) is 0 Å². The molecule has 0 atom stereocenters. The van der Waals surface area contributed by atoms with Crippen molar-refractivity contribution < 1.29 is 43.3 Å². The molecular formula is C111H143Cl3N16O9. The molecule has 0 aliphatic carbocycles. The number of nitrogens with zero attached hydrogens (tertiary/aromatic N) is 4. The lowest BCUT2D eigenvalue weighted by Gasteiger charge is -2.28. The number of carbonyl (C=O) groups excluding carboxylic acids is 6. The number of amides is 11. The monoisotopic (exact) mass is 1950 g/mol. The molecule has 28 heteroatoms. The van der Waals surface area contributed by atoms with Gasteiger partial charge in [-0.2, -0.15) is 0 Å². The Morgan fingerprint density at radius 1 is 0.360 bits per heavy atom. The molecule has 0 fully saturated rings. The molecule has 25 nitrogen and oxygen atoms in total. The fourth-order valence-electron chi connectivity index (χ4n) is 13.6. The lowest BCUT2D eigenvalue weighted by atomic mass is 9.92. The van der Waals surface area contributed by atoms with Gasteiger partial charge in [0.05, 0.1) is 44.8 Å². The summed E-state index contributed by atoms with van der Waals surface area (Å²) in [5.41, 5.74) is 25.1. The van der Waals surface area contributed by atoms with E-state index < -0.39 is 27.7 Å². The van der Waals surface area contributed by atoms with Crippen molar-refractivity contribution >= 4 is 128 Å². The fraction of sp³-hybridized carbons (Fsp3) is 0.342. The zero-order valence-electron chi connectivity index (χ0n) is 85.6. The van der Waals surface area contributed by atoms with Crippen LogP contribution >= 0.6 is 34.8 Å². The van der Waals surface area contributed by atoms with Crippen LogP contribution in [0.15, 0.2) is 247 Å². The minimum atomic E-state index is -0.597. The molecule has 0 spiro atoms. The molecule has 0 aliphatic rings. The summed E-state index contributed by atoms with van der Waals surface area (Å²) in [5.74, 6) is -0.0292. The van der Waals surface area contributed by atoms with Gasteiger partial charge in [-0.15, -0.1) is 0 Å². The van der Waals surface area contributed by atoms with E-state index in [4.69, 9.17) is 55.0 Å². The predicted molar refractivity (Wildman–Crippen MR) is 578 cm³/mol. The highest BCUT2D eigenvalue weighted by atomic mass is 35.5. The molecule has 13 N–H and O–H groups in total. The summed E-state index contributed by atoms with van der Waals surface area (Å²) in [6.45, 7) is 59.8. The zero-order chi connectivity index (χ0) is 104. The number of halogens is 3. The Morgan fingerprint density at radius 2 is 0.640 bits per heavy atom. The van der Waals surface area contributed by atoms with Crippen LogP contribution in [0.3, 0.4) is 0 Å². The number of urea groups is 5. The molecule has 10 aromatic rings. The molecule has 11 amide bonds. The van der Waals surface area contributed by atoms with Gasteiger partial charge in [0.2, 0.25) is 0 Å². The maximum atomic E-state index is 12.8. The highest BCUT2D eigenvalue weighted by molar-refractivity contribution is 6.32. The van der Waals surface area contributed by atoms with Crippen LogP contribution in [0.2, 0.25) is 15.1 Å². The predicted octanol–water partition coefficient (Wildman–Crippen LogP) is 26.0. The van der Waals surface area contributed by atoms with Gasteiger partial charge in [-0.25, -0.2) is 24.0 Å². The summed E-state index contributed by atoms with van der Waals surface area (Å²) in [6, 6.07) is 67.5. The van der Waals surface area contributed by atoms with E-state index in [-0.39, 0.29) is 41.7 Å². The van der Waals surface area contributed by atoms with E-state index in [1.807, 2.05) is 350 Å². The largest absolute Gasteiger partial charge is 0.394 e. The van der Waals surface area contributed by atoms with Gasteiger partial charge in [0.1, 0.15) is 18.8 Å². The number of aryl methyl sites for hydroxylation is 5. The first kappa shape index (κ1) is 114. The van der Waals surface area contributed by atoms with Crippen LogP contribution in [0.4, 0.5) is 52.4 Å². The summed E-state index contributed by atoms with van der Waals surface area (Å²) < 4.78 is 0. The van der Waals surface area contributed by atoms with E-state index in [0.717, 1.165) is 124 Å². The second-order valence-corrected chi connectivity index (χ2v) is 38.8. The Hall–Kier alpha value is -13.3. The summed E-state index contributed by atoms with van der Waals surface area (Å²) in [4.78, 5) is 93.0. The topological polar surface area (TPSA) is 329 Å². The SMILES string of the molecule is C/C(=N\OC(C)(C)C)c1cccc(C(C)(C)NC(=O)Nc2ccc(Cl)c(C)c2)c1.C/C(=N\OCCN)c1cccc(C(C)(C)NC(=O)Nc2ccc(Cl)c(C)c2)c1.C=C(C)c1cccc(C(C)(C)NC(=O)Nc2ccc(C)c(C(=O)N(CC)CC)c2)c1.C=C(C)c1cccc(C(C)(C)NC(=O)Nc2ccc(C)cc2)c1.CNCCO/N=C(\C)c1cccc(C(C)(C)NC(=O)Nc2ccc(Cl)c(C)c2)c1. The third kappa shape index (κ3) is 37.9. The molecule has 0 heterocycles. The van der Waals surface area contributed by atoms with Crippen molar-refractivity contribution in [3.05, 3.63) is 336 Å². The molecule has 0 aromatic heterocycles. The quantitative estimate of drug-likeness (QED) is 0.0110. The molecular weight excluding hydrogens is 1810 g/mol. The van der Waals surface area contributed by atoms with Crippen molar-refractivity contribution in [2.24, 2.45) is 21.2 Å². The van der Waals surface area contributed by atoms with Crippen molar-refractivity contribution in [2.45, 2.75) is 206 Å². The van der Waals surface area contributed by atoms with Crippen LogP contribution in [0.1, 0.15) is 232 Å². The standard InChI is InChI=1S/C25H33N3O2.C23H30ClN3O2.C22H29ClN4O2.C21H27ClN4O2.C20H24N2O/c1-8-28(9-2)23(29)22-16-21(14-13-18(22)5)26-24(30)27-25(6,7)20-12-10-11-19(15-20)17(3)4;1-15-13-19(11-12-20(15)24)25-21(28)26-23(6,7)18-10-8-9-17(14-18)16(2)27-29-22(3,4)5;1-15-13-19(9-10-20(15)23)25-21(28)26-22(3,4)18-8-6-7-17(14-18)16(2)27-29-12-11-24-5;1-14-12-18(8-9-19(14)22)24-20(27)25-21(3,4)17-7-5-6-16(13-17)15(2)26-28-11-10-23;1-14(2)16-7-6-8-17(13-16)20(4,5)22-19(23)21-18-11-9-15(3)10-12-18/h10-16H,3,8-9H2,1-2,4-7H3,(H2,26,27,30);8-14H,1-7H3,(H2,25,26,28);6-10,13-14,24H,11-12H2,1-5H3,(H2,25,26,28);5-9,12-13H,10-11,23H2,1-4H3,(H2,24,25,27);6-13H,1H2,2-5H3,(H2,21,22,23)/b;2*27-16+;26-15+;. The molecule has 0 bridgehead atoms. The van der Waals surface area contributed by atoms with Gasteiger partial charge in [0.15, 0.2) is 0 Å². The minimum absolute atomic E-state index is 0.0292. The first-order valence-corrected chi connectivity index (χ1v) is 47.3. The van der Waals surface area contributed by atoms with Gasteiger partial charge in [-0.3, -0.25) is 4.79 Å². The second kappa shape index (κ2) is 53.0. The van der Waals surface area contributed by atoms with Crippen molar-refractivity contribution in [1.82, 2.24) is 36.8 Å². The number of likely N-dealkylation sites (N-methyl/N-ethyl adjacent to an activating group) is 1. The van der Waals surface area contributed by atoms with E-state index in [9.17, 15) is 28.8 Å². The maximum Gasteiger partial charge on any atom is 0.319 e. The minimum Gasteiger partial charge on any atom is -0.394 e. The Morgan fingerprint density at radius 3 is 0.935 bits per heavy atom. The van der Waals surface area contributed by atoms with E-state index in [1.165, 1.54) is 0 Å². The van der Waals surface area contributed by atoms with Gasteiger partial charge >= 0.3 is 30.2 Å². The molecule has 0 aliphatic heterocycles. The molecule has 0 saturated heterocycles. The molecule has 0 radical (unpaired) electrons. The van der Waals surface area contributed by atoms with Gasteiger partial charge in [-0.05, 0) is 367 Å². The summed E-state index contributed by atoms with van der Waals surface area (Å²) >= 11 is 18.1. The number of nitrogens with two attached hydrogens (primary N) is 1. The number of anilines is 5. The van der Waals surface area contributed by atoms with Crippen LogP contribution in [0, 0.1) is 34.6 Å².